The van der Waals surface area contributed by atoms with Gasteiger partial charge in [0.15, 0.2) is 5.69 Å². The number of nitrogens with zero attached hydrogens (tertiary/aromatic N) is 3. The third-order valence-corrected chi connectivity index (χ3v) is 6.22. The zero-order valence-electron chi connectivity index (χ0n) is 20.8. The number of hydrogen-bond acceptors (Lipinski definition) is 6. The molecule has 0 aliphatic heterocycles. The van der Waals surface area contributed by atoms with E-state index in [1.54, 1.807) is 30.3 Å². The molecule has 9 nitrogen and oxygen atoms in total. The fraction of sp³-hybridized carbons (Fsp3) is 0.259. The van der Waals surface area contributed by atoms with Gasteiger partial charge in [0.25, 0.3) is 11.5 Å². The molecule has 0 fully saturated rings. The fourth-order valence-corrected chi connectivity index (χ4v) is 4.42. The molecular weight excluding hydrogens is 494 g/mol. The van der Waals surface area contributed by atoms with Crippen LogP contribution in [0.3, 0.4) is 0 Å². The van der Waals surface area contributed by atoms with Crippen molar-refractivity contribution in [1.82, 2.24) is 14.5 Å². The minimum atomic E-state index is -0.753. The summed E-state index contributed by atoms with van der Waals surface area (Å²) in [6, 6.07) is 16.1. The van der Waals surface area contributed by atoms with E-state index in [1.165, 1.54) is 16.6 Å². The molecule has 0 bridgehead atoms. The van der Waals surface area contributed by atoms with Crippen LogP contribution in [-0.2, 0) is 11.3 Å². The molecule has 2 aromatic heterocycles. The van der Waals surface area contributed by atoms with E-state index in [9.17, 15) is 14.4 Å². The minimum absolute atomic E-state index is 0.0283. The first-order valence-corrected chi connectivity index (χ1v) is 12.2. The third-order valence-electron chi connectivity index (χ3n) is 5.89. The number of aromatic amines is 1. The largest absolute Gasteiger partial charge is 0.383 e. The Labute approximate surface area is 218 Å². The lowest BCUT2D eigenvalue weighted by Crippen LogP contribution is -2.43. The van der Waals surface area contributed by atoms with E-state index < -0.39 is 17.2 Å². The fourth-order valence-electron chi connectivity index (χ4n) is 4.19. The number of para-hydroxylation sites is 1. The number of amides is 1. The van der Waals surface area contributed by atoms with Gasteiger partial charge in [-0.3, -0.25) is 24.0 Å². The molecule has 0 unspecified atom stereocenters. The lowest BCUT2D eigenvalue weighted by atomic mass is 10.0. The molecule has 3 N–H and O–H groups in total. The second kappa shape index (κ2) is 11.0. The van der Waals surface area contributed by atoms with Crippen LogP contribution in [0, 0.1) is 5.92 Å². The number of carbonyl (C=O) groups is 1. The van der Waals surface area contributed by atoms with Gasteiger partial charge in [-0.15, -0.1) is 0 Å². The van der Waals surface area contributed by atoms with Crippen molar-refractivity contribution in [2.45, 2.75) is 20.4 Å². The van der Waals surface area contributed by atoms with Crippen LogP contribution in [0.5, 0.6) is 0 Å². The Morgan fingerprint density at radius 3 is 2.57 bits per heavy atom. The Bertz CT molecular complexity index is 1580. The van der Waals surface area contributed by atoms with Gasteiger partial charge >= 0.3 is 5.69 Å². The van der Waals surface area contributed by atoms with Gasteiger partial charge < -0.3 is 10.5 Å². The summed E-state index contributed by atoms with van der Waals surface area (Å²) in [4.78, 5) is 48.0. The summed E-state index contributed by atoms with van der Waals surface area (Å²) in [5.74, 6) is -0.503. The number of rotatable bonds is 8. The maximum atomic E-state index is 14.2. The lowest BCUT2D eigenvalue weighted by molar-refractivity contribution is 0.0977. The minimum Gasteiger partial charge on any atom is -0.383 e. The molecule has 2 heterocycles. The van der Waals surface area contributed by atoms with Gasteiger partial charge in [-0.05, 0) is 24.1 Å². The van der Waals surface area contributed by atoms with E-state index in [0.717, 1.165) is 0 Å². The smallest absolute Gasteiger partial charge is 0.330 e. The van der Waals surface area contributed by atoms with Crippen molar-refractivity contribution in [3.63, 3.8) is 0 Å². The van der Waals surface area contributed by atoms with Crippen molar-refractivity contribution in [2.75, 3.05) is 30.9 Å². The topological polar surface area (TPSA) is 123 Å². The van der Waals surface area contributed by atoms with E-state index in [4.69, 9.17) is 27.1 Å². The Morgan fingerprint density at radius 1 is 1.16 bits per heavy atom. The van der Waals surface area contributed by atoms with Gasteiger partial charge in [0.05, 0.1) is 23.4 Å². The summed E-state index contributed by atoms with van der Waals surface area (Å²) < 4.78 is 6.50. The zero-order valence-corrected chi connectivity index (χ0v) is 21.6. The lowest BCUT2D eigenvalue weighted by Gasteiger charge is -2.25. The predicted octanol–water partition coefficient (Wildman–Crippen LogP) is 3.94. The highest BCUT2D eigenvalue weighted by Crippen LogP contribution is 2.31. The molecule has 0 saturated carbocycles. The van der Waals surface area contributed by atoms with Crippen LogP contribution in [0.2, 0.25) is 5.02 Å². The van der Waals surface area contributed by atoms with Gasteiger partial charge in [-0.2, -0.15) is 0 Å². The standard InChI is InChI=1S/C27H28ClN5O4/c1-16(2)15-33-24(29)23(25(34)31-27(33)36)32(12-13-37-3)26(35)19-14-22(18-9-4-6-10-20(18)28)30-21-11-7-5-8-17(19)21/h4-11,14,16H,12-13,15,29H2,1-3H3,(H,31,34,36). The number of hydrogen-bond donors (Lipinski definition) is 2. The van der Waals surface area contributed by atoms with Crippen LogP contribution < -0.4 is 21.9 Å². The Hall–Kier alpha value is -3.95. The van der Waals surface area contributed by atoms with Crippen LogP contribution >= 0.6 is 11.6 Å². The number of aromatic nitrogens is 3. The van der Waals surface area contributed by atoms with Crippen LogP contribution in [0.1, 0.15) is 24.2 Å². The quantitative estimate of drug-likeness (QED) is 0.362. The highest BCUT2D eigenvalue weighted by molar-refractivity contribution is 6.33. The summed E-state index contributed by atoms with van der Waals surface area (Å²) in [7, 11) is 1.49. The normalized spacial score (nSPS) is 11.3. The van der Waals surface area contributed by atoms with E-state index in [0.29, 0.717) is 32.7 Å². The van der Waals surface area contributed by atoms with Crippen molar-refractivity contribution in [3.05, 3.63) is 86.0 Å². The summed E-state index contributed by atoms with van der Waals surface area (Å²) in [5.41, 5.74) is 6.92. The maximum Gasteiger partial charge on any atom is 0.330 e. The number of halogens is 1. The molecule has 0 atom stereocenters. The summed E-state index contributed by atoms with van der Waals surface area (Å²) in [5, 5.41) is 1.08. The molecule has 192 valence electrons. The van der Waals surface area contributed by atoms with Gasteiger partial charge in [0, 0.05) is 36.2 Å². The zero-order chi connectivity index (χ0) is 26.7. The number of methoxy groups -OCH3 is 1. The molecule has 4 aromatic rings. The summed E-state index contributed by atoms with van der Waals surface area (Å²) in [6.07, 6.45) is 0. The highest BCUT2D eigenvalue weighted by Gasteiger charge is 2.27. The van der Waals surface area contributed by atoms with Gasteiger partial charge in [-0.25, -0.2) is 9.78 Å². The second-order valence-electron chi connectivity index (χ2n) is 9.00. The number of anilines is 2. The third kappa shape index (κ3) is 5.28. The monoisotopic (exact) mass is 521 g/mol. The molecule has 0 aliphatic rings. The molecule has 0 radical (unpaired) electrons. The van der Waals surface area contributed by atoms with Crippen molar-refractivity contribution in [1.29, 1.82) is 0 Å². The Balaban J connectivity index is 1.95. The SMILES string of the molecule is COCCN(C(=O)c1cc(-c2ccccc2Cl)nc2ccccc12)c1c(N)n(CC(C)C)c(=O)[nH]c1=O. The van der Waals surface area contributed by atoms with E-state index in [-0.39, 0.29) is 37.1 Å². The first-order chi connectivity index (χ1) is 17.7. The number of pyridine rings is 1. The highest BCUT2D eigenvalue weighted by atomic mass is 35.5. The van der Waals surface area contributed by atoms with Crippen molar-refractivity contribution >= 4 is 39.9 Å². The molecule has 4 rings (SSSR count). The number of carbonyl (C=O) groups excluding carboxylic acids is 1. The number of nitrogens with two attached hydrogens (primary N) is 1. The van der Waals surface area contributed by atoms with Crippen LogP contribution in [0.4, 0.5) is 11.5 Å². The average molecular weight is 522 g/mol. The Morgan fingerprint density at radius 2 is 1.86 bits per heavy atom. The maximum absolute atomic E-state index is 14.2. The molecule has 0 aliphatic carbocycles. The van der Waals surface area contributed by atoms with Crippen molar-refractivity contribution in [2.24, 2.45) is 5.92 Å². The number of H-pyrrole nitrogens is 1. The van der Waals surface area contributed by atoms with Gasteiger partial charge in [-0.1, -0.05) is 61.8 Å². The predicted molar refractivity (Wildman–Crippen MR) is 146 cm³/mol. The van der Waals surface area contributed by atoms with E-state index in [1.807, 2.05) is 38.1 Å². The molecule has 0 spiro atoms. The molecule has 0 saturated heterocycles. The van der Waals surface area contributed by atoms with Crippen molar-refractivity contribution in [3.8, 4) is 11.3 Å². The average Bonchev–Trinajstić information content (AvgIpc) is 2.87. The number of nitrogen functional groups attached to an aromatic ring is 1. The van der Waals surface area contributed by atoms with E-state index in [2.05, 4.69) is 4.98 Å². The molecule has 2 aromatic carbocycles. The van der Waals surface area contributed by atoms with Gasteiger partial charge in [0.1, 0.15) is 5.82 Å². The molecule has 37 heavy (non-hydrogen) atoms. The Kier molecular flexibility index (Phi) is 7.75. The number of ether oxygens (including phenoxy) is 1. The number of nitrogens with one attached hydrogen (secondary N) is 1. The van der Waals surface area contributed by atoms with Crippen molar-refractivity contribution < 1.29 is 9.53 Å². The second-order valence-corrected chi connectivity index (χ2v) is 9.41. The first-order valence-electron chi connectivity index (χ1n) is 11.8. The first kappa shape index (κ1) is 26.1. The molecular formula is C27H28ClN5O4. The van der Waals surface area contributed by atoms with Gasteiger partial charge in [0.2, 0.25) is 0 Å². The number of benzene rings is 2. The van der Waals surface area contributed by atoms with Crippen LogP contribution in [-0.4, -0.2) is 40.7 Å². The molecule has 10 heteroatoms. The number of fused-ring (bicyclic) bond motifs is 1. The summed E-state index contributed by atoms with van der Waals surface area (Å²) in [6.45, 7) is 4.28. The van der Waals surface area contributed by atoms with Crippen LogP contribution in [0.15, 0.2) is 64.2 Å². The summed E-state index contributed by atoms with van der Waals surface area (Å²) >= 11 is 6.44. The molecule has 1 amide bonds. The van der Waals surface area contributed by atoms with E-state index >= 15 is 0 Å². The van der Waals surface area contributed by atoms with Crippen LogP contribution in [0.25, 0.3) is 22.2 Å².